The summed E-state index contributed by atoms with van der Waals surface area (Å²) in [6.07, 6.45) is 7.09. The number of rotatable bonds is 11. The fourth-order valence-electron chi connectivity index (χ4n) is 7.03. The highest BCUT2D eigenvalue weighted by molar-refractivity contribution is 6.37. The van der Waals surface area contributed by atoms with Gasteiger partial charge < -0.3 is 26.0 Å². The maximum Gasteiger partial charge on any atom is 0.408 e. The molecule has 40 heavy (non-hydrogen) atoms. The molecule has 0 aromatic heterocycles. The molecule has 0 radical (unpaired) electrons. The van der Waals surface area contributed by atoms with Gasteiger partial charge in [0.25, 0.3) is 5.91 Å². The Morgan fingerprint density at radius 2 is 1.60 bits per heavy atom. The summed E-state index contributed by atoms with van der Waals surface area (Å²) in [4.78, 5) is 66.9. The average molecular weight is 561 g/mol. The van der Waals surface area contributed by atoms with Crippen LogP contribution in [0.5, 0.6) is 0 Å². The zero-order valence-electron chi connectivity index (χ0n) is 24.7. The van der Waals surface area contributed by atoms with E-state index in [9.17, 15) is 24.0 Å². The summed E-state index contributed by atoms with van der Waals surface area (Å²) in [5.41, 5.74) is 5.19. The number of carbonyl (C=O) groups is 5. The lowest BCUT2D eigenvalue weighted by molar-refractivity contribution is -0.144. The maximum atomic E-state index is 14.2. The number of nitrogens with one attached hydrogen (secondary N) is 2. The van der Waals surface area contributed by atoms with Crippen molar-refractivity contribution in [1.29, 1.82) is 0 Å². The molecule has 4 rings (SSSR count). The minimum absolute atomic E-state index is 0.0420. The Hall–Kier alpha value is -2.65. The summed E-state index contributed by atoms with van der Waals surface area (Å²) >= 11 is 0. The number of fused-ring (bicyclic) bond motifs is 1. The monoisotopic (exact) mass is 560 g/mol. The molecule has 4 N–H and O–H groups in total. The van der Waals surface area contributed by atoms with Crippen LogP contribution in [0.2, 0.25) is 0 Å². The molecule has 1 heterocycles. The molecule has 6 atom stereocenters. The molecule has 3 aliphatic carbocycles. The Morgan fingerprint density at radius 3 is 2.15 bits per heavy atom. The second-order valence-electron chi connectivity index (χ2n) is 13.6. The number of hydrogen-bond donors (Lipinski definition) is 3. The maximum absolute atomic E-state index is 14.2. The van der Waals surface area contributed by atoms with Crippen LogP contribution in [0.25, 0.3) is 0 Å². The molecular weight excluding hydrogens is 512 g/mol. The average Bonchev–Trinajstić information content (AvgIpc) is 3.21. The van der Waals surface area contributed by atoms with Crippen LogP contribution in [-0.2, 0) is 23.9 Å². The van der Waals surface area contributed by atoms with Crippen molar-refractivity contribution in [3.63, 3.8) is 0 Å². The first kappa shape index (κ1) is 30.3. The molecule has 4 amide bonds. The minimum Gasteiger partial charge on any atom is -0.446 e. The van der Waals surface area contributed by atoms with Crippen LogP contribution in [0.1, 0.15) is 92.4 Å². The van der Waals surface area contributed by atoms with Gasteiger partial charge in [0.15, 0.2) is 0 Å². The molecule has 4 aliphatic rings. The van der Waals surface area contributed by atoms with Crippen LogP contribution in [0, 0.1) is 35.0 Å². The predicted molar refractivity (Wildman–Crippen MR) is 149 cm³/mol. The second kappa shape index (κ2) is 12.1. The van der Waals surface area contributed by atoms with Crippen molar-refractivity contribution in [2.24, 2.45) is 40.7 Å². The molecular formula is C30H48N4O6. The largest absolute Gasteiger partial charge is 0.446 e. The van der Waals surface area contributed by atoms with E-state index in [1.54, 1.807) is 4.90 Å². The third kappa shape index (κ3) is 6.30. The van der Waals surface area contributed by atoms with Crippen molar-refractivity contribution >= 4 is 29.6 Å². The van der Waals surface area contributed by atoms with Gasteiger partial charge >= 0.3 is 6.09 Å². The number of likely N-dealkylation sites (tertiary alicyclic amines) is 1. The third-order valence-corrected chi connectivity index (χ3v) is 10.3. The van der Waals surface area contributed by atoms with Gasteiger partial charge in [-0.25, -0.2) is 4.79 Å². The number of carbonyl (C=O) groups excluding carboxylic acids is 5. The van der Waals surface area contributed by atoms with E-state index in [2.05, 4.69) is 24.5 Å². The lowest BCUT2D eigenvalue weighted by Crippen LogP contribution is -2.59. The zero-order chi connectivity index (χ0) is 29.4. The van der Waals surface area contributed by atoms with Crippen molar-refractivity contribution in [3.05, 3.63) is 0 Å². The number of ether oxygens (including phenoxy) is 1. The summed E-state index contributed by atoms with van der Waals surface area (Å²) in [6.45, 7) is 10.3. The number of ketones is 1. The Morgan fingerprint density at radius 1 is 0.950 bits per heavy atom. The summed E-state index contributed by atoms with van der Waals surface area (Å²) in [6, 6.07) is -2.57. The van der Waals surface area contributed by atoms with Crippen LogP contribution in [-0.4, -0.2) is 65.3 Å². The SMILES string of the molecule is CC(C)[C@@H](C)OC(=O)N[C@H](C(=O)N1CC2[C@@H]([C@H]1C(=O)NC(CC1CCC1)C(=O)C(N)=O)C2(C)C)C1CCCCC1. The van der Waals surface area contributed by atoms with E-state index in [0.29, 0.717) is 13.0 Å². The van der Waals surface area contributed by atoms with Crippen LogP contribution in [0.15, 0.2) is 0 Å². The second-order valence-corrected chi connectivity index (χ2v) is 13.6. The van der Waals surface area contributed by atoms with Gasteiger partial charge in [-0.2, -0.15) is 0 Å². The lowest BCUT2D eigenvalue weighted by atomic mass is 9.80. The minimum atomic E-state index is -1.07. The van der Waals surface area contributed by atoms with E-state index >= 15 is 0 Å². The highest BCUT2D eigenvalue weighted by Gasteiger charge is 2.69. The van der Waals surface area contributed by atoms with Gasteiger partial charge in [0.1, 0.15) is 18.2 Å². The molecule has 0 spiro atoms. The van der Waals surface area contributed by atoms with Crippen LogP contribution >= 0.6 is 0 Å². The molecule has 0 aromatic carbocycles. The summed E-state index contributed by atoms with van der Waals surface area (Å²) in [5.74, 6) is -2.14. The van der Waals surface area contributed by atoms with Crippen LogP contribution in [0.4, 0.5) is 4.79 Å². The van der Waals surface area contributed by atoms with Gasteiger partial charge in [-0.3, -0.25) is 19.2 Å². The number of hydrogen-bond acceptors (Lipinski definition) is 6. The van der Waals surface area contributed by atoms with Crippen molar-refractivity contribution in [2.75, 3.05) is 6.54 Å². The highest BCUT2D eigenvalue weighted by atomic mass is 16.6. The lowest BCUT2D eigenvalue weighted by Gasteiger charge is -2.37. The Labute approximate surface area is 237 Å². The smallest absolute Gasteiger partial charge is 0.408 e. The Balaban J connectivity index is 1.54. The predicted octanol–water partition coefficient (Wildman–Crippen LogP) is 2.92. The molecule has 1 saturated heterocycles. The van der Waals surface area contributed by atoms with Crippen molar-refractivity contribution in [2.45, 2.75) is 117 Å². The molecule has 10 heteroatoms. The molecule has 0 bridgehead atoms. The standard InChI is InChI=1S/C30H48N4O6/c1-16(2)17(3)40-29(39)33-23(19-12-7-6-8-13-19)28(38)34-15-20-22(30(20,4)5)24(34)27(37)32-21(25(35)26(31)36)14-18-10-9-11-18/h16-24H,6-15H2,1-5H3,(H2,31,36)(H,32,37)(H,33,39)/t17-,20?,21?,22+,23+,24+/m1/s1. The first-order valence-electron chi connectivity index (χ1n) is 15.2. The first-order valence-corrected chi connectivity index (χ1v) is 15.2. The molecule has 1 aliphatic heterocycles. The van der Waals surface area contributed by atoms with E-state index in [1.807, 2.05) is 20.8 Å². The number of primary amides is 1. The van der Waals surface area contributed by atoms with Crippen molar-refractivity contribution in [3.8, 4) is 0 Å². The molecule has 0 aromatic rings. The van der Waals surface area contributed by atoms with E-state index in [4.69, 9.17) is 10.5 Å². The highest BCUT2D eigenvalue weighted by Crippen LogP contribution is 2.65. The summed E-state index contributed by atoms with van der Waals surface area (Å²) in [7, 11) is 0. The molecule has 10 nitrogen and oxygen atoms in total. The van der Waals surface area contributed by atoms with E-state index in [0.717, 1.165) is 51.4 Å². The molecule has 4 fully saturated rings. The number of nitrogens with two attached hydrogens (primary N) is 1. The number of Topliss-reactive ketones (excluding diaryl/α,β-unsaturated/α-hetero) is 1. The fraction of sp³-hybridized carbons (Fsp3) is 0.833. The Bertz CT molecular complexity index is 1000. The van der Waals surface area contributed by atoms with Gasteiger partial charge in [-0.05, 0) is 61.2 Å². The quantitative estimate of drug-likeness (QED) is 0.331. The van der Waals surface area contributed by atoms with E-state index in [1.165, 1.54) is 0 Å². The molecule has 224 valence electrons. The normalized spacial score (nSPS) is 28.1. The van der Waals surface area contributed by atoms with Gasteiger partial charge in [0.05, 0.1) is 6.04 Å². The number of alkyl carbamates (subject to hydrolysis) is 1. The topological polar surface area (TPSA) is 148 Å². The van der Waals surface area contributed by atoms with Crippen LogP contribution in [0.3, 0.4) is 0 Å². The van der Waals surface area contributed by atoms with Gasteiger partial charge in [-0.1, -0.05) is 66.2 Å². The van der Waals surface area contributed by atoms with Crippen molar-refractivity contribution < 1.29 is 28.7 Å². The number of piperidine rings is 1. The van der Waals surface area contributed by atoms with Crippen molar-refractivity contribution in [1.82, 2.24) is 15.5 Å². The number of nitrogens with zero attached hydrogens (tertiary/aromatic N) is 1. The van der Waals surface area contributed by atoms with E-state index in [-0.39, 0.29) is 47.0 Å². The van der Waals surface area contributed by atoms with E-state index < -0.39 is 41.8 Å². The third-order valence-electron chi connectivity index (χ3n) is 10.3. The van der Waals surface area contributed by atoms with Gasteiger partial charge in [0.2, 0.25) is 17.6 Å². The van der Waals surface area contributed by atoms with Gasteiger partial charge in [0, 0.05) is 6.54 Å². The zero-order valence-corrected chi connectivity index (χ0v) is 24.7. The fourth-order valence-corrected chi connectivity index (χ4v) is 7.03. The summed E-state index contributed by atoms with van der Waals surface area (Å²) < 4.78 is 5.56. The number of amides is 4. The van der Waals surface area contributed by atoms with Crippen LogP contribution < -0.4 is 16.4 Å². The van der Waals surface area contributed by atoms with Gasteiger partial charge in [-0.15, -0.1) is 0 Å². The first-order chi connectivity index (χ1) is 18.8. The summed E-state index contributed by atoms with van der Waals surface area (Å²) in [5, 5.41) is 5.70. The Kier molecular flexibility index (Phi) is 9.15. The molecule has 2 unspecified atom stereocenters. The molecule has 3 saturated carbocycles.